The number of methoxy groups -OCH3 is 2. The Morgan fingerprint density at radius 1 is 1.19 bits per heavy atom. The standard InChI is InChI=1S/C27H27N3O6.H2/c1-27(26(32)29-15-20-19-14-28-11-10-17(19)8-9-21(20)34-3)16-35-23-18-6-4-5-7-22(18)36-24(23)25(31)30(27)12-13-33-2;/h4-11,14H,12-13,15-16H2,1-3H3,(H,29,32);1H. The molecule has 3 heterocycles. The Kier molecular flexibility index (Phi) is 6.24. The van der Waals surface area contributed by atoms with Gasteiger partial charge in [0.1, 0.15) is 17.9 Å². The van der Waals surface area contributed by atoms with Crippen LogP contribution in [0.5, 0.6) is 11.5 Å². The molecule has 1 aliphatic rings. The van der Waals surface area contributed by atoms with Gasteiger partial charge in [-0.1, -0.05) is 18.2 Å². The smallest absolute Gasteiger partial charge is 0.294 e. The molecule has 1 N–H and O–H groups in total. The maximum absolute atomic E-state index is 13.7. The Balaban J connectivity index is 0.00000320. The number of para-hydroxylation sites is 1. The molecule has 36 heavy (non-hydrogen) atoms. The number of ether oxygens (including phenoxy) is 3. The van der Waals surface area contributed by atoms with Crippen molar-refractivity contribution in [3.63, 3.8) is 0 Å². The van der Waals surface area contributed by atoms with E-state index in [9.17, 15) is 9.59 Å². The first-order valence-corrected chi connectivity index (χ1v) is 11.6. The van der Waals surface area contributed by atoms with Crippen LogP contribution in [-0.2, 0) is 16.1 Å². The van der Waals surface area contributed by atoms with Gasteiger partial charge in [-0.15, -0.1) is 0 Å². The predicted molar refractivity (Wildman–Crippen MR) is 135 cm³/mol. The van der Waals surface area contributed by atoms with Crippen LogP contribution in [0.15, 0.2) is 59.3 Å². The van der Waals surface area contributed by atoms with Gasteiger partial charge in [-0.25, -0.2) is 0 Å². The van der Waals surface area contributed by atoms with Gasteiger partial charge < -0.3 is 28.8 Å². The van der Waals surface area contributed by atoms with Crippen molar-refractivity contribution in [2.24, 2.45) is 0 Å². The molecule has 9 heteroatoms. The molecule has 1 aliphatic heterocycles. The van der Waals surface area contributed by atoms with E-state index in [4.69, 9.17) is 18.6 Å². The summed E-state index contributed by atoms with van der Waals surface area (Å²) >= 11 is 0. The number of aromatic nitrogens is 1. The highest BCUT2D eigenvalue weighted by molar-refractivity contribution is 6.04. The maximum atomic E-state index is 13.7. The number of hydrogen-bond donors (Lipinski definition) is 1. The lowest BCUT2D eigenvalue weighted by Gasteiger charge is -2.37. The molecule has 1 atom stereocenters. The number of carbonyl (C=O) groups excluding carboxylic acids is 2. The number of fused-ring (bicyclic) bond motifs is 4. The summed E-state index contributed by atoms with van der Waals surface area (Å²) in [5.74, 6) is 0.252. The zero-order chi connectivity index (χ0) is 25.3. The van der Waals surface area contributed by atoms with Crippen LogP contribution in [0.4, 0.5) is 0 Å². The van der Waals surface area contributed by atoms with Gasteiger partial charge in [-0.05, 0) is 36.6 Å². The SMILES string of the molecule is COCCN1C(=O)c2oc3ccccc3c2OCC1(C)C(=O)NCc1c(OC)ccc2ccncc12.[HH]. The van der Waals surface area contributed by atoms with Crippen molar-refractivity contribution in [2.75, 3.05) is 34.0 Å². The highest BCUT2D eigenvalue weighted by Crippen LogP contribution is 2.38. The zero-order valence-electron chi connectivity index (χ0n) is 20.4. The van der Waals surface area contributed by atoms with Crippen molar-refractivity contribution in [3.8, 4) is 11.5 Å². The highest BCUT2D eigenvalue weighted by Gasteiger charge is 2.47. The molecule has 0 bridgehead atoms. The molecule has 0 spiro atoms. The van der Waals surface area contributed by atoms with Crippen LogP contribution in [0.3, 0.4) is 0 Å². The fourth-order valence-electron chi connectivity index (χ4n) is 4.60. The number of carbonyl (C=O) groups is 2. The second kappa shape index (κ2) is 9.50. The third-order valence-corrected chi connectivity index (χ3v) is 6.63. The van der Waals surface area contributed by atoms with Crippen LogP contribution < -0.4 is 14.8 Å². The minimum absolute atomic E-state index is 0. The molecule has 9 nitrogen and oxygen atoms in total. The fourth-order valence-corrected chi connectivity index (χ4v) is 4.60. The van der Waals surface area contributed by atoms with Gasteiger partial charge in [-0.3, -0.25) is 14.6 Å². The van der Waals surface area contributed by atoms with Crippen LogP contribution in [0, 0.1) is 0 Å². The van der Waals surface area contributed by atoms with E-state index in [0.29, 0.717) is 22.5 Å². The molecule has 2 aromatic carbocycles. The normalized spacial score (nSPS) is 17.5. The second-order valence-electron chi connectivity index (χ2n) is 8.79. The molecule has 188 valence electrons. The number of hydrogen-bond acceptors (Lipinski definition) is 7. The lowest BCUT2D eigenvalue weighted by molar-refractivity contribution is -0.133. The van der Waals surface area contributed by atoms with Crippen molar-refractivity contribution >= 4 is 33.6 Å². The van der Waals surface area contributed by atoms with Gasteiger partial charge in [0, 0.05) is 45.0 Å². The van der Waals surface area contributed by atoms with Gasteiger partial charge in [0.25, 0.3) is 5.91 Å². The fraction of sp³-hybridized carbons (Fsp3) is 0.296. The number of nitrogens with one attached hydrogen (secondary N) is 1. The summed E-state index contributed by atoms with van der Waals surface area (Å²) in [6.45, 7) is 2.23. The summed E-state index contributed by atoms with van der Waals surface area (Å²) in [5, 5.41) is 5.53. The van der Waals surface area contributed by atoms with E-state index in [1.54, 1.807) is 39.6 Å². The largest absolute Gasteiger partial charge is 0.496 e. The van der Waals surface area contributed by atoms with E-state index in [1.807, 2.05) is 36.4 Å². The van der Waals surface area contributed by atoms with Crippen LogP contribution >= 0.6 is 0 Å². The van der Waals surface area contributed by atoms with Crippen molar-refractivity contribution in [3.05, 3.63) is 66.2 Å². The second-order valence-corrected chi connectivity index (χ2v) is 8.79. The molecule has 5 rings (SSSR count). The van der Waals surface area contributed by atoms with Gasteiger partial charge in [-0.2, -0.15) is 0 Å². The number of nitrogens with zero attached hydrogens (tertiary/aromatic N) is 2. The van der Waals surface area contributed by atoms with Gasteiger partial charge in [0.05, 0.1) is 19.1 Å². The number of pyridine rings is 1. The summed E-state index contributed by atoms with van der Waals surface area (Å²) < 4.78 is 22.7. The molecule has 0 radical (unpaired) electrons. The van der Waals surface area contributed by atoms with Gasteiger partial charge in [0.15, 0.2) is 11.3 Å². The minimum atomic E-state index is -1.33. The number of benzene rings is 2. The number of amides is 2. The summed E-state index contributed by atoms with van der Waals surface area (Å²) in [6.07, 6.45) is 3.46. The summed E-state index contributed by atoms with van der Waals surface area (Å²) in [5.41, 5.74) is 0.0171. The molecule has 2 aromatic heterocycles. The molecule has 0 saturated heterocycles. The van der Waals surface area contributed by atoms with E-state index in [1.165, 1.54) is 4.90 Å². The summed E-state index contributed by atoms with van der Waals surface area (Å²) in [4.78, 5) is 33.1. The Labute approximate surface area is 209 Å². The zero-order valence-corrected chi connectivity index (χ0v) is 20.4. The lowest BCUT2D eigenvalue weighted by Crippen LogP contribution is -2.61. The topological polar surface area (TPSA) is 103 Å². The van der Waals surface area contributed by atoms with E-state index in [2.05, 4.69) is 10.3 Å². The summed E-state index contributed by atoms with van der Waals surface area (Å²) in [7, 11) is 3.13. The molecular formula is C27H29N3O6. The molecular weight excluding hydrogens is 462 g/mol. The van der Waals surface area contributed by atoms with E-state index in [0.717, 1.165) is 16.3 Å². The van der Waals surface area contributed by atoms with E-state index < -0.39 is 11.4 Å². The Hall–Kier alpha value is -4.11. The quantitative estimate of drug-likeness (QED) is 0.420. The minimum Gasteiger partial charge on any atom is -0.496 e. The van der Waals surface area contributed by atoms with Crippen LogP contribution in [0.25, 0.3) is 21.7 Å². The Bertz CT molecular complexity index is 1450. The monoisotopic (exact) mass is 491 g/mol. The first-order chi connectivity index (χ1) is 17.5. The lowest BCUT2D eigenvalue weighted by atomic mass is 9.98. The van der Waals surface area contributed by atoms with Gasteiger partial charge in [0.2, 0.25) is 11.7 Å². The third kappa shape index (κ3) is 3.91. The summed E-state index contributed by atoms with van der Waals surface area (Å²) in [6, 6.07) is 13.0. The van der Waals surface area contributed by atoms with Crippen LogP contribution in [0.2, 0.25) is 0 Å². The average molecular weight is 492 g/mol. The number of rotatable bonds is 7. The maximum Gasteiger partial charge on any atom is 0.294 e. The van der Waals surface area contributed by atoms with Crippen molar-refractivity contribution in [1.82, 2.24) is 15.2 Å². The molecule has 1 unspecified atom stereocenters. The molecule has 4 aromatic rings. The first-order valence-electron chi connectivity index (χ1n) is 11.6. The Morgan fingerprint density at radius 3 is 2.83 bits per heavy atom. The number of furan rings is 1. The third-order valence-electron chi connectivity index (χ3n) is 6.63. The molecule has 0 fully saturated rings. The first kappa shape index (κ1) is 23.6. The highest BCUT2D eigenvalue weighted by atomic mass is 16.5. The van der Waals surface area contributed by atoms with Crippen molar-refractivity contribution in [2.45, 2.75) is 19.0 Å². The average Bonchev–Trinajstić information content (AvgIpc) is 3.24. The Morgan fingerprint density at radius 2 is 2.03 bits per heavy atom. The molecule has 0 saturated carbocycles. The molecule has 2 amide bonds. The van der Waals surface area contributed by atoms with Crippen LogP contribution in [0.1, 0.15) is 24.5 Å². The van der Waals surface area contributed by atoms with Crippen molar-refractivity contribution in [1.29, 1.82) is 0 Å². The van der Waals surface area contributed by atoms with Crippen LogP contribution in [-0.4, -0.2) is 61.2 Å². The van der Waals surface area contributed by atoms with E-state index >= 15 is 0 Å². The van der Waals surface area contributed by atoms with E-state index in [-0.39, 0.29) is 39.4 Å². The predicted octanol–water partition coefficient (Wildman–Crippen LogP) is 3.79. The van der Waals surface area contributed by atoms with Crippen molar-refractivity contribution < 1.29 is 29.6 Å². The molecule has 0 aliphatic carbocycles. The van der Waals surface area contributed by atoms with Gasteiger partial charge >= 0.3 is 0 Å².